The van der Waals surface area contributed by atoms with Crippen LogP contribution in [-0.4, -0.2) is 18.9 Å². The highest BCUT2D eigenvalue weighted by atomic mass is 16.5. The van der Waals surface area contributed by atoms with E-state index in [2.05, 4.69) is 16.6 Å². The predicted molar refractivity (Wildman–Crippen MR) is 58.0 cm³/mol. The fourth-order valence-corrected chi connectivity index (χ4v) is 1.69. The SMILES string of the molecule is COC(=O)C#Cc1ccc2c(c1)C(=O)CC2. The third kappa shape index (κ3) is 1.96. The van der Waals surface area contributed by atoms with Crippen LogP contribution < -0.4 is 0 Å². The summed E-state index contributed by atoms with van der Waals surface area (Å²) in [6.45, 7) is 0. The molecular weight excluding hydrogens is 204 g/mol. The largest absolute Gasteiger partial charge is 0.459 e. The molecule has 0 radical (unpaired) electrons. The molecule has 0 unspecified atom stereocenters. The van der Waals surface area contributed by atoms with E-state index in [0.717, 1.165) is 17.5 Å². The number of benzene rings is 1. The normalized spacial score (nSPS) is 12.7. The molecule has 1 aliphatic carbocycles. The maximum absolute atomic E-state index is 11.5. The van der Waals surface area contributed by atoms with Crippen LogP contribution in [0.15, 0.2) is 18.2 Å². The number of ketones is 1. The minimum atomic E-state index is -0.577. The summed E-state index contributed by atoms with van der Waals surface area (Å²) in [4.78, 5) is 22.3. The van der Waals surface area contributed by atoms with Gasteiger partial charge in [0.1, 0.15) is 0 Å². The van der Waals surface area contributed by atoms with Gasteiger partial charge in [-0.1, -0.05) is 12.0 Å². The smallest absolute Gasteiger partial charge is 0.384 e. The standard InChI is InChI=1S/C13H10O3/c1-16-13(15)7-3-9-2-4-10-5-6-12(14)11(10)8-9/h2,4,8H,5-6H2,1H3. The van der Waals surface area contributed by atoms with E-state index < -0.39 is 5.97 Å². The molecule has 3 nitrogen and oxygen atoms in total. The first-order valence-electron chi connectivity index (χ1n) is 4.97. The molecular formula is C13H10O3. The number of hydrogen-bond donors (Lipinski definition) is 0. The number of esters is 1. The lowest BCUT2D eigenvalue weighted by molar-refractivity contribution is -0.133. The summed E-state index contributed by atoms with van der Waals surface area (Å²) in [5.41, 5.74) is 2.46. The zero-order chi connectivity index (χ0) is 11.5. The van der Waals surface area contributed by atoms with E-state index >= 15 is 0 Å². The first-order chi connectivity index (χ1) is 7.70. The third-order valence-corrected chi connectivity index (χ3v) is 2.53. The number of aryl methyl sites for hydroxylation is 1. The summed E-state index contributed by atoms with van der Waals surface area (Å²) in [5.74, 6) is 4.57. The van der Waals surface area contributed by atoms with Crippen molar-refractivity contribution in [3.8, 4) is 11.8 Å². The molecule has 3 heteroatoms. The van der Waals surface area contributed by atoms with Gasteiger partial charge in [0.15, 0.2) is 5.78 Å². The number of hydrogen-bond acceptors (Lipinski definition) is 3. The molecule has 0 aromatic heterocycles. The maximum atomic E-state index is 11.5. The Labute approximate surface area is 93.4 Å². The van der Waals surface area contributed by atoms with E-state index in [9.17, 15) is 9.59 Å². The average Bonchev–Trinajstić information content (AvgIpc) is 2.68. The Morgan fingerprint density at radius 2 is 2.19 bits per heavy atom. The van der Waals surface area contributed by atoms with Crippen molar-refractivity contribution in [2.45, 2.75) is 12.8 Å². The van der Waals surface area contributed by atoms with Crippen LogP contribution in [0.25, 0.3) is 0 Å². The molecule has 0 fully saturated rings. The second kappa shape index (κ2) is 4.19. The van der Waals surface area contributed by atoms with Crippen molar-refractivity contribution in [3.63, 3.8) is 0 Å². The molecule has 16 heavy (non-hydrogen) atoms. The first kappa shape index (κ1) is 10.4. The van der Waals surface area contributed by atoms with Gasteiger partial charge in [-0.2, -0.15) is 0 Å². The monoisotopic (exact) mass is 214 g/mol. The number of carbonyl (C=O) groups is 2. The Kier molecular flexibility index (Phi) is 2.74. The highest BCUT2D eigenvalue weighted by Gasteiger charge is 2.18. The molecule has 0 spiro atoms. The number of rotatable bonds is 0. The van der Waals surface area contributed by atoms with Gasteiger partial charge in [-0.05, 0) is 24.1 Å². The lowest BCUT2D eigenvalue weighted by Gasteiger charge is -1.97. The van der Waals surface area contributed by atoms with Gasteiger partial charge < -0.3 is 4.74 Å². The Morgan fingerprint density at radius 3 is 2.94 bits per heavy atom. The first-order valence-corrected chi connectivity index (χ1v) is 4.97. The number of carbonyl (C=O) groups excluding carboxylic acids is 2. The van der Waals surface area contributed by atoms with Gasteiger partial charge in [-0.3, -0.25) is 4.79 Å². The van der Waals surface area contributed by atoms with E-state index in [-0.39, 0.29) is 5.78 Å². The van der Waals surface area contributed by atoms with Crippen molar-refractivity contribution in [1.29, 1.82) is 0 Å². The van der Waals surface area contributed by atoms with Gasteiger partial charge >= 0.3 is 5.97 Å². The molecule has 0 amide bonds. The van der Waals surface area contributed by atoms with Gasteiger partial charge in [-0.15, -0.1) is 0 Å². The predicted octanol–water partition coefficient (Wildman–Crippen LogP) is 1.34. The minimum Gasteiger partial charge on any atom is -0.459 e. The molecule has 2 rings (SSSR count). The summed E-state index contributed by atoms with van der Waals surface area (Å²) in [7, 11) is 1.28. The van der Waals surface area contributed by atoms with Crippen molar-refractivity contribution in [3.05, 3.63) is 34.9 Å². The van der Waals surface area contributed by atoms with Crippen LogP contribution in [-0.2, 0) is 16.0 Å². The molecule has 0 bridgehead atoms. The Bertz CT molecular complexity index is 518. The fraction of sp³-hybridized carbons (Fsp3) is 0.231. The van der Waals surface area contributed by atoms with Crippen LogP contribution in [0.1, 0.15) is 27.9 Å². The van der Waals surface area contributed by atoms with E-state index in [0.29, 0.717) is 12.0 Å². The maximum Gasteiger partial charge on any atom is 0.384 e. The molecule has 1 aromatic rings. The van der Waals surface area contributed by atoms with Gasteiger partial charge in [0.25, 0.3) is 0 Å². The number of fused-ring (bicyclic) bond motifs is 1. The average molecular weight is 214 g/mol. The lowest BCUT2D eigenvalue weighted by Crippen LogP contribution is -1.95. The van der Waals surface area contributed by atoms with Crippen LogP contribution in [0, 0.1) is 11.8 Å². The molecule has 0 saturated heterocycles. The van der Waals surface area contributed by atoms with Crippen molar-refractivity contribution in [2.24, 2.45) is 0 Å². The van der Waals surface area contributed by atoms with E-state index in [1.165, 1.54) is 7.11 Å². The van der Waals surface area contributed by atoms with Crippen LogP contribution in [0.2, 0.25) is 0 Å². The zero-order valence-corrected chi connectivity index (χ0v) is 8.87. The quantitative estimate of drug-likeness (QED) is 0.483. The topological polar surface area (TPSA) is 43.4 Å². The highest BCUT2D eigenvalue weighted by Crippen LogP contribution is 2.22. The molecule has 0 atom stereocenters. The fourth-order valence-electron chi connectivity index (χ4n) is 1.69. The van der Waals surface area contributed by atoms with Crippen molar-refractivity contribution < 1.29 is 14.3 Å². The van der Waals surface area contributed by atoms with E-state index in [1.54, 1.807) is 6.07 Å². The third-order valence-electron chi connectivity index (χ3n) is 2.53. The molecule has 0 heterocycles. The van der Waals surface area contributed by atoms with Gasteiger partial charge in [0, 0.05) is 23.5 Å². The summed E-state index contributed by atoms with van der Waals surface area (Å²) in [6.07, 6.45) is 1.38. The van der Waals surface area contributed by atoms with Crippen molar-refractivity contribution in [1.82, 2.24) is 0 Å². The minimum absolute atomic E-state index is 0.150. The molecule has 0 saturated carbocycles. The summed E-state index contributed by atoms with van der Waals surface area (Å²) in [5, 5.41) is 0. The van der Waals surface area contributed by atoms with Crippen LogP contribution in [0.5, 0.6) is 0 Å². The van der Waals surface area contributed by atoms with Gasteiger partial charge in [0.05, 0.1) is 7.11 Å². The Hall–Kier alpha value is -2.08. The molecule has 0 N–H and O–H groups in total. The summed E-state index contributed by atoms with van der Waals surface area (Å²) < 4.78 is 4.41. The molecule has 1 aromatic carbocycles. The van der Waals surface area contributed by atoms with Crippen LogP contribution in [0.3, 0.4) is 0 Å². The Balaban J connectivity index is 2.30. The van der Waals surface area contributed by atoms with Crippen LogP contribution >= 0.6 is 0 Å². The number of ether oxygens (including phenoxy) is 1. The number of methoxy groups -OCH3 is 1. The second-order valence-corrected chi connectivity index (χ2v) is 3.54. The van der Waals surface area contributed by atoms with E-state index in [1.807, 2.05) is 12.1 Å². The Morgan fingerprint density at radius 1 is 1.38 bits per heavy atom. The lowest BCUT2D eigenvalue weighted by atomic mass is 10.1. The number of Topliss-reactive ketones (excluding diaryl/α,β-unsaturated/α-hetero) is 1. The van der Waals surface area contributed by atoms with Gasteiger partial charge in [-0.25, -0.2) is 4.79 Å². The van der Waals surface area contributed by atoms with E-state index in [4.69, 9.17) is 0 Å². The second-order valence-electron chi connectivity index (χ2n) is 3.54. The zero-order valence-electron chi connectivity index (χ0n) is 8.87. The summed E-state index contributed by atoms with van der Waals surface area (Å²) in [6, 6.07) is 5.44. The van der Waals surface area contributed by atoms with Crippen molar-refractivity contribution >= 4 is 11.8 Å². The van der Waals surface area contributed by atoms with Gasteiger partial charge in [0.2, 0.25) is 0 Å². The van der Waals surface area contributed by atoms with Crippen LogP contribution in [0.4, 0.5) is 0 Å². The molecule has 80 valence electrons. The summed E-state index contributed by atoms with van der Waals surface area (Å²) >= 11 is 0. The van der Waals surface area contributed by atoms with Crippen molar-refractivity contribution in [2.75, 3.05) is 7.11 Å². The molecule has 1 aliphatic rings. The highest BCUT2D eigenvalue weighted by molar-refractivity contribution is 6.00. The molecule has 0 aliphatic heterocycles.